The number of Topliss-reactive ketones (excluding diaryl/α,β-unsaturated/α-hetero) is 1. The molecule has 70 valence electrons. The first kappa shape index (κ1) is 8.69. The molecule has 1 aromatic carbocycles. The Labute approximate surface area is 81.8 Å². The molecule has 0 aliphatic carbocycles. The van der Waals surface area contributed by atoms with Gasteiger partial charge < -0.3 is 4.98 Å². The van der Waals surface area contributed by atoms with Crippen LogP contribution in [-0.2, 0) is 0 Å². The number of hydrogen-bond acceptors (Lipinski definition) is 2. The number of rotatable bonds is 2. The maximum atomic E-state index is 11.1. The third kappa shape index (κ3) is 1.57. The van der Waals surface area contributed by atoms with Crippen LogP contribution >= 0.6 is 0 Å². The summed E-state index contributed by atoms with van der Waals surface area (Å²) in [6.45, 7) is 1.56. The van der Waals surface area contributed by atoms with Crippen LogP contribution in [0.4, 0.5) is 0 Å². The van der Waals surface area contributed by atoms with Crippen molar-refractivity contribution < 1.29 is 4.79 Å². The van der Waals surface area contributed by atoms with E-state index in [9.17, 15) is 4.79 Å². The molecule has 0 fully saturated rings. The molecule has 0 saturated heterocycles. The predicted octanol–water partition coefficient (Wildman–Crippen LogP) is 2.28. The molecule has 0 atom stereocenters. The lowest BCUT2D eigenvalue weighted by Gasteiger charge is -1.98. The van der Waals surface area contributed by atoms with Crippen molar-refractivity contribution in [3.8, 4) is 11.3 Å². The van der Waals surface area contributed by atoms with E-state index in [-0.39, 0.29) is 5.78 Å². The third-order valence-corrected chi connectivity index (χ3v) is 2.06. The lowest BCUT2D eigenvalue weighted by Crippen LogP contribution is -1.91. The molecule has 0 aliphatic rings. The van der Waals surface area contributed by atoms with E-state index in [4.69, 9.17) is 0 Å². The number of nitrogens with zero attached hydrogens (tertiary/aromatic N) is 1. The van der Waals surface area contributed by atoms with E-state index < -0.39 is 0 Å². The summed E-state index contributed by atoms with van der Waals surface area (Å²) in [5.41, 5.74) is 2.53. The van der Waals surface area contributed by atoms with Crippen molar-refractivity contribution >= 4 is 5.78 Å². The van der Waals surface area contributed by atoms with Crippen LogP contribution < -0.4 is 0 Å². The number of imidazole rings is 1. The van der Waals surface area contributed by atoms with Crippen molar-refractivity contribution in [2.75, 3.05) is 0 Å². The number of carbonyl (C=O) groups is 1. The molecule has 2 aromatic rings. The molecule has 2 rings (SSSR count). The second-order valence-electron chi connectivity index (χ2n) is 3.09. The largest absolute Gasteiger partial charge is 0.351 e. The van der Waals surface area contributed by atoms with Crippen LogP contribution in [0.2, 0.25) is 0 Å². The number of carbonyl (C=O) groups excluding carboxylic acids is 1. The summed E-state index contributed by atoms with van der Waals surface area (Å²) < 4.78 is 0. The minimum Gasteiger partial charge on any atom is -0.351 e. The van der Waals surface area contributed by atoms with Gasteiger partial charge in [0.1, 0.15) is 0 Å². The number of hydrogen-bond donors (Lipinski definition) is 1. The quantitative estimate of drug-likeness (QED) is 0.731. The predicted molar refractivity (Wildman–Crippen MR) is 54.0 cm³/mol. The summed E-state index contributed by atoms with van der Waals surface area (Å²) in [6, 6.07) is 7.44. The average molecular weight is 186 g/mol. The maximum absolute atomic E-state index is 11.1. The van der Waals surface area contributed by atoms with Crippen LogP contribution in [0.5, 0.6) is 0 Å². The van der Waals surface area contributed by atoms with Gasteiger partial charge in [0.25, 0.3) is 0 Å². The van der Waals surface area contributed by atoms with E-state index in [0.29, 0.717) is 5.56 Å². The molecule has 0 aliphatic heterocycles. The summed E-state index contributed by atoms with van der Waals surface area (Å²) in [5.74, 6) is 0.0717. The van der Waals surface area contributed by atoms with Crippen molar-refractivity contribution in [1.29, 1.82) is 0 Å². The zero-order chi connectivity index (χ0) is 9.97. The highest BCUT2D eigenvalue weighted by Crippen LogP contribution is 2.17. The second kappa shape index (κ2) is 3.46. The number of aromatic nitrogens is 2. The Morgan fingerprint density at radius 3 is 2.93 bits per heavy atom. The molecule has 0 amide bonds. The van der Waals surface area contributed by atoms with Crippen LogP contribution in [0.25, 0.3) is 11.3 Å². The van der Waals surface area contributed by atoms with Crippen molar-refractivity contribution in [2.45, 2.75) is 6.92 Å². The zero-order valence-electron chi connectivity index (χ0n) is 7.82. The fraction of sp³-hybridized carbons (Fsp3) is 0.0909. The number of H-pyrrole nitrogens is 1. The Morgan fingerprint density at radius 2 is 2.29 bits per heavy atom. The highest BCUT2D eigenvalue weighted by atomic mass is 16.1. The van der Waals surface area contributed by atoms with Gasteiger partial charge >= 0.3 is 0 Å². The molecule has 0 radical (unpaired) electrons. The monoisotopic (exact) mass is 186 g/mol. The fourth-order valence-corrected chi connectivity index (χ4v) is 1.32. The molecule has 0 unspecified atom stereocenters. The summed E-state index contributed by atoms with van der Waals surface area (Å²) in [7, 11) is 0. The molecule has 1 heterocycles. The molecular formula is C11H10N2O. The molecule has 1 aromatic heterocycles. The van der Waals surface area contributed by atoms with Gasteiger partial charge in [-0.3, -0.25) is 4.79 Å². The topological polar surface area (TPSA) is 45.8 Å². The highest BCUT2D eigenvalue weighted by molar-refractivity contribution is 5.95. The smallest absolute Gasteiger partial charge is 0.159 e. The lowest BCUT2D eigenvalue weighted by molar-refractivity contribution is 0.101. The number of benzene rings is 1. The van der Waals surface area contributed by atoms with Crippen molar-refractivity contribution in [3.05, 3.63) is 42.4 Å². The summed E-state index contributed by atoms with van der Waals surface area (Å²) in [5, 5.41) is 0. The molecule has 1 N–H and O–H groups in total. The average Bonchev–Trinajstić information content (AvgIpc) is 2.71. The van der Waals surface area contributed by atoms with E-state index in [1.54, 1.807) is 25.5 Å². The standard InChI is InChI=1S/C11H10N2O/c1-8(14)9-3-2-4-10(5-9)11-6-12-7-13-11/h2-7H,1H3,(H,12,13). The van der Waals surface area contributed by atoms with Crippen LogP contribution in [0.3, 0.4) is 0 Å². The normalized spacial score (nSPS) is 10.1. The van der Waals surface area contributed by atoms with E-state index >= 15 is 0 Å². The van der Waals surface area contributed by atoms with Gasteiger partial charge in [-0.2, -0.15) is 0 Å². The number of ketones is 1. The molecule has 0 saturated carbocycles. The van der Waals surface area contributed by atoms with Crippen LogP contribution in [0, 0.1) is 0 Å². The van der Waals surface area contributed by atoms with Gasteiger partial charge in [-0.15, -0.1) is 0 Å². The first-order chi connectivity index (χ1) is 6.77. The first-order valence-electron chi connectivity index (χ1n) is 4.37. The molecule has 14 heavy (non-hydrogen) atoms. The fourth-order valence-electron chi connectivity index (χ4n) is 1.32. The molecule has 0 bridgehead atoms. The van der Waals surface area contributed by atoms with Crippen LogP contribution in [0.15, 0.2) is 36.8 Å². The third-order valence-electron chi connectivity index (χ3n) is 2.06. The maximum Gasteiger partial charge on any atom is 0.159 e. The Balaban J connectivity index is 2.46. The van der Waals surface area contributed by atoms with Gasteiger partial charge in [-0.25, -0.2) is 4.98 Å². The molecular weight excluding hydrogens is 176 g/mol. The van der Waals surface area contributed by atoms with Gasteiger partial charge in [0.15, 0.2) is 5.78 Å². The van der Waals surface area contributed by atoms with E-state index in [2.05, 4.69) is 9.97 Å². The molecule has 3 nitrogen and oxygen atoms in total. The van der Waals surface area contributed by atoms with E-state index in [1.165, 1.54) is 0 Å². The minimum absolute atomic E-state index is 0.0717. The van der Waals surface area contributed by atoms with Gasteiger partial charge in [-0.05, 0) is 13.0 Å². The van der Waals surface area contributed by atoms with Crippen molar-refractivity contribution in [2.24, 2.45) is 0 Å². The first-order valence-corrected chi connectivity index (χ1v) is 4.37. The Kier molecular flexibility index (Phi) is 2.14. The summed E-state index contributed by atoms with van der Waals surface area (Å²) >= 11 is 0. The number of aromatic amines is 1. The summed E-state index contributed by atoms with van der Waals surface area (Å²) in [6.07, 6.45) is 3.43. The Morgan fingerprint density at radius 1 is 1.43 bits per heavy atom. The SMILES string of the molecule is CC(=O)c1cccc(-c2c[nH]cn2)c1. The van der Waals surface area contributed by atoms with Crippen LogP contribution in [-0.4, -0.2) is 15.8 Å². The Hall–Kier alpha value is -1.90. The van der Waals surface area contributed by atoms with E-state index in [1.807, 2.05) is 18.2 Å². The minimum atomic E-state index is 0.0717. The number of nitrogens with one attached hydrogen (secondary N) is 1. The van der Waals surface area contributed by atoms with Gasteiger partial charge in [-0.1, -0.05) is 18.2 Å². The van der Waals surface area contributed by atoms with Crippen LogP contribution in [0.1, 0.15) is 17.3 Å². The van der Waals surface area contributed by atoms with E-state index in [0.717, 1.165) is 11.3 Å². The Bertz CT molecular complexity index is 446. The van der Waals surface area contributed by atoms with Gasteiger partial charge in [0, 0.05) is 17.3 Å². The van der Waals surface area contributed by atoms with Gasteiger partial charge in [0.05, 0.1) is 12.0 Å². The zero-order valence-corrected chi connectivity index (χ0v) is 7.82. The highest BCUT2D eigenvalue weighted by Gasteiger charge is 2.03. The molecule has 3 heteroatoms. The lowest BCUT2D eigenvalue weighted by atomic mass is 10.1. The molecule has 0 spiro atoms. The second-order valence-corrected chi connectivity index (χ2v) is 3.09. The van der Waals surface area contributed by atoms with Gasteiger partial charge in [0.2, 0.25) is 0 Å². The van der Waals surface area contributed by atoms with Crippen molar-refractivity contribution in [3.63, 3.8) is 0 Å². The van der Waals surface area contributed by atoms with Crippen molar-refractivity contribution in [1.82, 2.24) is 9.97 Å². The summed E-state index contributed by atoms with van der Waals surface area (Å²) in [4.78, 5) is 18.1.